The smallest absolute Gasteiger partial charge is 0.253 e. The van der Waals surface area contributed by atoms with Crippen molar-refractivity contribution in [3.05, 3.63) is 59.3 Å². The van der Waals surface area contributed by atoms with Crippen molar-refractivity contribution >= 4 is 17.7 Å². The molecule has 172 valence electrons. The monoisotopic (exact) mass is 438 g/mol. The van der Waals surface area contributed by atoms with E-state index in [9.17, 15) is 4.79 Å². The Morgan fingerprint density at radius 3 is 2.84 bits per heavy atom. The van der Waals surface area contributed by atoms with Gasteiger partial charge in [-0.1, -0.05) is 12.1 Å². The van der Waals surface area contributed by atoms with Crippen molar-refractivity contribution in [2.75, 3.05) is 52.3 Å². The summed E-state index contributed by atoms with van der Waals surface area (Å²) in [4.78, 5) is 24.9. The highest BCUT2D eigenvalue weighted by atomic mass is 16.5. The lowest BCUT2D eigenvalue weighted by molar-refractivity contribution is 0.0529. The lowest BCUT2D eigenvalue weighted by Crippen LogP contribution is -2.41. The molecule has 2 aromatic rings. The number of nitrogens with zero attached hydrogens (tertiary/aromatic N) is 4. The molecule has 1 aliphatic rings. The first-order chi connectivity index (χ1) is 15.5. The topological polar surface area (TPSA) is 82.1 Å². The number of aromatic nitrogens is 1. The summed E-state index contributed by atoms with van der Waals surface area (Å²) < 4.78 is 5.63. The van der Waals surface area contributed by atoms with Gasteiger partial charge in [-0.2, -0.15) is 0 Å². The number of pyridine rings is 1. The zero-order chi connectivity index (χ0) is 22.9. The summed E-state index contributed by atoms with van der Waals surface area (Å²) in [5.41, 5.74) is 2.96. The van der Waals surface area contributed by atoms with Gasteiger partial charge >= 0.3 is 0 Å². The molecule has 2 heterocycles. The number of aliphatic imine (C=N–C) groups is 1. The highest BCUT2D eigenvalue weighted by Gasteiger charge is 2.18. The van der Waals surface area contributed by atoms with Crippen LogP contribution in [0.4, 0.5) is 5.82 Å². The zero-order valence-electron chi connectivity index (χ0n) is 19.5. The maximum atomic E-state index is 12.2. The van der Waals surface area contributed by atoms with Crippen LogP contribution in [0.15, 0.2) is 47.6 Å². The summed E-state index contributed by atoms with van der Waals surface area (Å²) in [7, 11) is 5.29. The average molecular weight is 439 g/mol. The predicted octanol–water partition coefficient (Wildman–Crippen LogP) is 1.92. The van der Waals surface area contributed by atoms with Crippen molar-refractivity contribution in [2.45, 2.75) is 26.0 Å². The first kappa shape index (κ1) is 23.5. The summed E-state index contributed by atoms with van der Waals surface area (Å²) in [6.07, 6.45) is 2.87. The Kier molecular flexibility index (Phi) is 8.44. The second-order valence-electron chi connectivity index (χ2n) is 8.15. The van der Waals surface area contributed by atoms with E-state index < -0.39 is 0 Å². The van der Waals surface area contributed by atoms with E-state index in [-0.39, 0.29) is 12.0 Å². The van der Waals surface area contributed by atoms with E-state index in [0.29, 0.717) is 18.7 Å². The summed E-state index contributed by atoms with van der Waals surface area (Å²) >= 11 is 0. The van der Waals surface area contributed by atoms with Crippen LogP contribution in [0.1, 0.15) is 28.4 Å². The van der Waals surface area contributed by atoms with Gasteiger partial charge in [-0.15, -0.1) is 0 Å². The maximum Gasteiger partial charge on any atom is 0.253 e. The third kappa shape index (κ3) is 6.68. The van der Waals surface area contributed by atoms with Crippen LogP contribution in [0, 0.1) is 0 Å². The van der Waals surface area contributed by atoms with Crippen LogP contribution in [0.2, 0.25) is 0 Å². The van der Waals surface area contributed by atoms with Crippen LogP contribution >= 0.6 is 0 Å². The molecule has 8 nitrogen and oxygen atoms in total. The van der Waals surface area contributed by atoms with E-state index >= 15 is 0 Å². The van der Waals surface area contributed by atoms with Crippen molar-refractivity contribution in [1.29, 1.82) is 0 Å². The number of guanidine groups is 1. The fraction of sp³-hybridized carbons (Fsp3) is 0.458. The first-order valence-electron chi connectivity index (χ1n) is 11.0. The number of hydrogen-bond acceptors (Lipinski definition) is 5. The van der Waals surface area contributed by atoms with Crippen molar-refractivity contribution < 1.29 is 9.53 Å². The highest BCUT2D eigenvalue weighted by Crippen LogP contribution is 2.16. The molecule has 0 aliphatic carbocycles. The second-order valence-corrected chi connectivity index (χ2v) is 8.15. The van der Waals surface area contributed by atoms with Crippen molar-refractivity contribution in [1.82, 2.24) is 20.5 Å². The Bertz CT molecular complexity index is 930. The fourth-order valence-electron chi connectivity index (χ4n) is 3.62. The Morgan fingerprint density at radius 1 is 1.25 bits per heavy atom. The summed E-state index contributed by atoms with van der Waals surface area (Å²) in [6.45, 7) is 5.90. The third-order valence-corrected chi connectivity index (χ3v) is 5.34. The molecule has 1 amide bonds. The van der Waals surface area contributed by atoms with E-state index in [0.717, 1.165) is 49.0 Å². The van der Waals surface area contributed by atoms with Crippen molar-refractivity contribution in [2.24, 2.45) is 4.99 Å². The van der Waals surface area contributed by atoms with E-state index in [1.165, 1.54) is 0 Å². The Balaban J connectivity index is 1.49. The van der Waals surface area contributed by atoms with Crippen LogP contribution in [0.5, 0.6) is 0 Å². The van der Waals surface area contributed by atoms with Crippen LogP contribution in [0.3, 0.4) is 0 Å². The maximum absolute atomic E-state index is 12.2. The van der Waals surface area contributed by atoms with Gasteiger partial charge in [0.1, 0.15) is 5.82 Å². The average Bonchev–Trinajstić information content (AvgIpc) is 2.81. The van der Waals surface area contributed by atoms with Gasteiger partial charge in [0, 0.05) is 59.1 Å². The quantitative estimate of drug-likeness (QED) is 0.508. The molecule has 0 radical (unpaired) electrons. The van der Waals surface area contributed by atoms with Crippen LogP contribution in [-0.4, -0.2) is 75.2 Å². The number of benzene rings is 1. The molecule has 0 bridgehead atoms. The minimum Gasteiger partial charge on any atom is -0.375 e. The molecule has 1 saturated heterocycles. The Hall–Kier alpha value is -3.13. The number of amides is 1. The third-order valence-electron chi connectivity index (χ3n) is 5.34. The highest BCUT2D eigenvalue weighted by molar-refractivity contribution is 5.94. The number of anilines is 1. The standard InChI is InChI=1S/C24H34N6O2/c1-18-17-30(12-13-32-18)22-15-20(9-10-26-22)16-28-24(25-2)27-11-8-19-6-5-7-21(14-19)23(31)29(3)4/h5-7,9-10,14-15,18H,8,11-13,16-17H2,1-4H3,(H2,25,27,28). The van der Waals surface area contributed by atoms with Gasteiger partial charge in [-0.25, -0.2) is 4.98 Å². The number of morpholine rings is 1. The van der Waals surface area contributed by atoms with Crippen molar-refractivity contribution in [3.8, 4) is 0 Å². The molecule has 2 N–H and O–H groups in total. The second kappa shape index (κ2) is 11.5. The minimum atomic E-state index is 0.0144. The molecule has 1 atom stereocenters. The van der Waals surface area contributed by atoms with E-state index in [1.807, 2.05) is 36.5 Å². The molecule has 1 aliphatic heterocycles. The normalized spacial score (nSPS) is 16.6. The van der Waals surface area contributed by atoms with Crippen molar-refractivity contribution in [3.63, 3.8) is 0 Å². The van der Waals surface area contributed by atoms with Gasteiger partial charge in [-0.05, 0) is 48.7 Å². The van der Waals surface area contributed by atoms with Crippen LogP contribution < -0.4 is 15.5 Å². The summed E-state index contributed by atoms with van der Waals surface area (Å²) in [6, 6.07) is 11.9. The zero-order valence-corrected chi connectivity index (χ0v) is 19.5. The molecular formula is C24H34N6O2. The number of rotatable bonds is 7. The molecular weight excluding hydrogens is 404 g/mol. The van der Waals surface area contributed by atoms with Gasteiger partial charge in [0.05, 0.1) is 12.7 Å². The van der Waals surface area contributed by atoms with Crippen LogP contribution in [-0.2, 0) is 17.7 Å². The van der Waals surface area contributed by atoms with Gasteiger partial charge in [0.15, 0.2) is 5.96 Å². The summed E-state index contributed by atoms with van der Waals surface area (Å²) in [5, 5.41) is 6.71. The van der Waals surface area contributed by atoms with E-state index in [1.54, 1.807) is 26.0 Å². The molecule has 8 heteroatoms. The number of carbonyl (C=O) groups is 1. The SMILES string of the molecule is CN=C(NCCc1cccc(C(=O)N(C)C)c1)NCc1ccnc(N2CCOC(C)C2)c1. The Labute approximate surface area is 190 Å². The van der Waals surface area contributed by atoms with Crippen LogP contribution in [0.25, 0.3) is 0 Å². The molecule has 0 saturated carbocycles. The number of nitrogens with one attached hydrogen (secondary N) is 2. The fourth-order valence-corrected chi connectivity index (χ4v) is 3.62. The first-order valence-corrected chi connectivity index (χ1v) is 11.0. The Morgan fingerprint density at radius 2 is 2.09 bits per heavy atom. The molecule has 32 heavy (non-hydrogen) atoms. The van der Waals surface area contributed by atoms with E-state index in [4.69, 9.17) is 4.74 Å². The lowest BCUT2D eigenvalue weighted by Gasteiger charge is -2.32. The molecule has 1 fully saturated rings. The minimum absolute atomic E-state index is 0.0144. The number of ether oxygens (including phenoxy) is 1. The molecule has 1 aromatic carbocycles. The lowest BCUT2D eigenvalue weighted by atomic mass is 10.1. The van der Waals surface area contributed by atoms with E-state index in [2.05, 4.69) is 38.5 Å². The summed E-state index contributed by atoms with van der Waals surface area (Å²) in [5.74, 6) is 1.74. The predicted molar refractivity (Wildman–Crippen MR) is 128 cm³/mol. The molecule has 1 unspecified atom stereocenters. The molecule has 1 aromatic heterocycles. The van der Waals surface area contributed by atoms with Gasteiger partial charge in [0.2, 0.25) is 0 Å². The molecule has 3 rings (SSSR count). The van der Waals surface area contributed by atoms with Gasteiger partial charge < -0.3 is 25.2 Å². The largest absolute Gasteiger partial charge is 0.375 e. The number of hydrogen-bond donors (Lipinski definition) is 2. The number of carbonyl (C=O) groups excluding carboxylic acids is 1. The molecule has 0 spiro atoms. The van der Waals surface area contributed by atoms with Gasteiger partial charge in [-0.3, -0.25) is 9.79 Å². The van der Waals surface area contributed by atoms with Gasteiger partial charge in [0.25, 0.3) is 5.91 Å².